The Labute approximate surface area is 301 Å². The van der Waals surface area contributed by atoms with E-state index in [1.54, 1.807) is 31.0 Å². The third kappa shape index (κ3) is 8.38. The van der Waals surface area contributed by atoms with Crippen molar-refractivity contribution >= 4 is 15.5 Å². The number of hydrogen-bond donors (Lipinski definition) is 1. The van der Waals surface area contributed by atoms with Crippen LogP contribution in [0.5, 0.6) is 11.5 Å². The predicted octanol–water partition coefficient (Wildman–Crippen LogP) is 5.35. The molecule has 274 valence electrons. The maximum Gasteiger partial charge on any atom is 0.209 e. The van der Waals surface area contributed by atoms with Gasteiger partial charge in [0.05, 0.1) is 30.3 Å². The van der Waals surface area contributed by atoms with Crippen molar-refractivity contribution in [2.45, 2.75) is 73.8 Å². The number of nitrogens with zero attached hydrogens (tertiary/aromatic N) is 5. The molecule has 0 spiro atoms. The summed E-state index contributed by atoms with van der Waals surface area (Å²) in [5.74, 6) is 2.41. The van der Waals surface area contributed by atoms with E-state index in [1.807, 2.05) is 56.4 Å². The number of sulfone groups is 1. The fourth-order valence-electron chi connectivity index (χ4n) is 7.28. The molecular formula is C38H50N6O6S. The molecule has 4 aromatic rings. The van der Waals surface area contributed by atoms with Crippen LogP contribution >= 0.6 is 0 Å². The molecule has 51 heavy (non-hydrogen) atoms. The number of anilines is 1. The van der Waals surface area contributed by atoms with Gasteiger partial charge in [-0.3, -0.25) is 0 Å². The van der Waals surface area contributed by atoms with E-state index in [-0.39, 0.29) is 22.8 Å². The van der Waals surface area contributed by atoms with E-state index in [1.165, 1.54) is 0 Å². The molecule has 13 heteroatoms. The normalized spacial score (nSPS) is 20.3. The average Bonchev–Trinajstić information content (AvgIpc) is 3.58. The Morgan fingerprint density at radius 2 is 1.84 bits per heavy atom. The van der Waals surface area contributed by atoms with E-state index in [9.17, 15) is 8.42 Å². The van der Waals surface area contributed by atoms with Crippen LogP contribution in [0.3, 0.4) is 0 Å². The SMILES string of the molecule is CCC(C[C@H]1C[C@H](c2ccc(OC)cc2)[C@@H](OC(c2ccc3c(c2)N(CCCOC)CCO3)S(=O)(=O)c2ccc(C)cc2)CN1)c1nnnn1C. The monoisotopic (exact) mass is 718 g/mol. The molecule has 1 aromatic heterocycles. The lowest BCUT2D eigenvalue weighted by Gasteiger charge is -2.40. The molecule has 2 aliphatic heterocycles. The summed E-state index contributed by atoms with van der Waals surface area (Å²) in [7, 11) is 1.22. The van der Waals surface area contributed by atoms with Crippen molar-refractivity contribution in [2.75, 3.05) is 52.0 Å². The maximum atomic E-state index is 14.7. The van der Waals surface area contributed by atoms with Crippen LogP contribution in [0.15, 0.2) is 71.6 Å². The van der Waals surface area contributed by atoms with Gasteiger partial charge in [0, 0.05) is 51.7 Å². The molecule has 1 fully saturated rings. The highest BCUT2D eigenvalue weighted by Gasteiger charge is 2.40. The number of aromatic nitrogens is 4. The summed E-state index contributed by atoms with van der Waals surface area (Å²) in [5.41, 5.74) is 2.21. The molecule has 0 bridgehead atoms. The Hall–Kier alpha value is -4.04. The van der Waals surface area contributed by atoms with Crippen LogP contribution in [0.2, 0.25) is 0 Å². The molecular weight excluding hydrogens is 669 g/mol. The summed E-state index contributed by atoms with van der Waals surface area (Å²) in [6, 6.07) is 20.8. The quantitative estimate of drug-likeness (QED) is 0.160. The van der Waals surface area contributed by atoms with Gasteiger partial charge in [-0.25, -0.2) is 13.1 Å². The number of methoxy groups -OCH3 is 2. The second-order valence-electron chi connectivity index (χ2n) is 13.5. The molecule has 3 heterocycles. The van der Waals surface area contributed by atoms with Gasteiger partial charge in [-0.2, -0.15) is 0 Å². The number of aryl methyl sites for hydroxylation is 2. The minimum Gasteiger partial charge on any atom is -0.497 e. The zero-order chi connectivity index (χ0) is 36.0. The summed E-state index contributed by atoms with van der Waals surface area (Å²) in [5, 5.41) is 16.0. The van der Waals surface area contributed by atoms with Gasteiger partial charge in [0.25, 0.3) is 0 Å². The van der Waals surface area contributed by atoms with Crippen molar-refractivity contribution in [1.29, 1.82) is 0 Å². The van der Waals surface area contributed by atoms with E-state index in [0.29, 0.717) is 31.9 Å². The van der Waals surface area contributed by atoms with Crippen molar-refractivity contribution in [3.8, 4) is 11.5 Å². The predicted molar refractivity (Wildman–Crippen MR) is 195 cm³/mol. The second-order valence-corrected chi connectivity index (χ2v) is 15.5. The molecule has 5 atom stereocenters. The van der Waals surface area contributed by atoms with Crippen LogP contribution in [0.4, 0.5) is 5.69 Å². The van der Waals surface area contributed by atoms with Gasteiger partial charge in [-0.05, 0) is 90.6 Å². The summed E-state index contributed by atoms with van der Waals surface area (Å²) in [6.07, 6.45) is 2.84. The Morgan fingerprint density at radius 1 is 1.06 bits per heavy atom. The number of hydrogen-bond acceptors (Lipinski definition) is 11. The minimum atomic E-state index is -4.00. The topological polar surface area (TPSA) is 130 Å². The molecule has 3 aromatic carbocycles. The minimum absolute atomic E-state index is 0.0977. The highest BCUT2D eigenvalue weighted by Crippen LogP contribution is 2.42. The van der Waals surface area contributed by atoms with Crippen LogP contribution < -0.4 is 19.7 Å². The van der Waals surface area contributed by atoms with Gasteiger partial charge in [0.1, 0.15) is 18.1 Å². The van der Waals surface area contributed by atoms with Crippen molar-refractivity contribution < 1.29 is 27.4 Å². The zero-order valence-electron chi connectivity index (χ0n) is 30.2. The van der Waals surface area contributed by atoms with Gasteiger partial charge in [-0.1, -0.05) is 42.8 Å². The number of rotatable bonds is 15. The molecule has 0 amide bonds. The second kappa shape index (κ2) is 16.5. The van der Waals surface area contributed by atoms with Crippen LogP contribution in [0.1, 0.15) is 72.4 Å². The van der Waals surface area contributed by atoms with E-state index < -0.39 is 21.4 Å². The maximum absolute atomic E-state index is 14.7. The van der Waals surface area contributed by atoms with E-state index >= 15 is 0 Å². The highest BCUT2D eigenvalue weighted by molar-refractivity contribution is 7.91. The van der Waals surface area contributed by atoms with Gasteiger partial charge < -0.3 is 29.2 Å². The Balaban J connectivity index is 1.36. The molecule has 0 aliphatic carbocycles. The first-order valence-corrected chi connectivity index (χ1v) is 19.3. The Kier molecular flexibility index (Phi) is 11.9. The van der Waals surface area contributed by atoms with Crippen LogP contribution in [0.25, 0.3) is 0 Å². The third-order valence-corrected chi connectivity index (χ3v) is 12.0. The fraction of sp³-hybridized carbons (Fsp3) is 0.500. The first-order valence-electron chi connectivity index (χ1n) is 17.8. The first-order chi connectivity index (χ1) is 24.7. The van der Waals surface area contributed by atoms with Crippen LogP contribution in [-0.2, 0) is 26.4 Å². The molecule has 0 saturated carbocycles. The number of nitrogens with one attached hydrogen (secondary N) is 1. The van der Waals surface area contributed by atoms with E-state index in [4.69, 9.17) is 18.9 Å². The number of piperidine rings is 1. The molecule has 1 saturated heterocycles. The van der Waals surface area contributed by atoms with Crippen molar-refractivity contribution in [1.82, 2.24) is 25.5 Å². The smallest absolute Gasteiger partial charge is 0.209 e. The Morgan fingerprint density at radius 3 is 2.53 bits per heavy atom. The number of fused-ring (bicyclic) bond motifs is 1. The van der Waals surface area contributed by atoms with Gasteiger partial charge >= 0.3 is 0 Å². The molecule has 2 aliphatic rings. The van der Waals surface area contributed by atoms with Crippen LogP contribution in [-0.4, -0.2) is 87.8 Å². The summed E-state index contributed by atoms with van der Waals surface area (Å²) in [4.78, 5) is 2.45. The number of ether oxygens (including phenoxy) is 4. The molecule has 12 nitrogen and oxygen atoms in total. The van der Waals surface area contributed by atoms with Crippen LogP contribution in [0, 0.1) is 6.92 Å². The number of tetrazole rings is 1. The van der Waals surface area contributed by atoms with Gasteiger partial charge in [-0.15, -0.1) is 5.10 Å². The third-order valence-electron chi connectivity index (χ3n) is 10.1. The zero-order valence-corrected chi connectivity index (χ0v) is 31.0. The van der Waals surface area contributed by atoms with Gasteiger partial charge in [0.2, 0.25) is 9.84 Å². The number of benzene rings is 3. The van der Waals surface area contributed by atoms with Gasteiger partial charge in [0.15, 0.2) is 11.3 Å². The lowest BCUT2D eigenvalue weighted by molar-refractivity contribution is -0.00721. The first kappa shape index (κ1) is 36.7. The summed E-state index contributed by atoms with van der Waals surface area (Å²) >= 11 is 0. The lowest BCUT2D eigenvalue weighted by Crippen LogP contribution is -2.48. The lowest BCUT2D eigenvalue weighted by atomic mass is 9.81. The Bertz CT molecular complexity index is 1830. The highest BCUT2D eigenvalue weighted by atomic mass is 32.2. The summed E-state index contributed by atoms with van der Waals surface area (Å²) < 4.78 is 54.8. The molecule has 2 unspecified atom stereocenters. The largest absolute Gasteiger partial charge is 0.497 e. The average molecular weight is 719 g/mol. The fourth-order valence-corrected chi connectivity index (χ4v) is 8.84. The summed E-state index contributed by atoms with van der Waals surface area (Å²) in [6.45, 7) is 7.22. The molecule has 0 radical (unpaired) electrons. The van der Waals surface area contributed by atoms with E-state index in [2.05, 4.69) is 44.8 Å². The standard InChI is InChI=1S/C38H50N6O6S/c1-6-27(37-40-41-42-43(37)3)22-30-24-33(28-10-13-31(48-5)14-11-28)36(25-39-30)50-38(51(45,46)32-15-8-26(2)9-16-32)29-12-17-35-34(23-29)44(19-21-49-35)18-7-20-47-4/h8-17,23,27,30,33,36,38-39H,6-7,18-22,24-25H2,1-5H3/t27?,30-,33+,36-,38?/m0/s1. The van der Waals surface area contributed by atoms with Crippen molar-refractivity contribution in [3.63, 3.8) is 0 Å². The van der Waals surface area contributed by atoms with E-state index in [0.717, 1.165) is 66.4 Å². The molecule has 6 rings (SSSR count). The van der Waals surface area contributed by atoms with Crippen molar-refractivity contribution in [2.24, 2.45) is 7.05 Å². The van der Waals surface area contributed by atoms with Crippen molar-refractivity contribution in [3.05, 3.63) is 89.2 Å². The molecule has 1 N–H and O–H groups in total.